The van der Waals surface area contributed by atoms with Gasteiger partial charge >= 0.3 is 6.01 Å². The number of anilines is 1. The SMILES string of the molecule is CC(C)CCCOS(C)(C)C(C)(C)C.CC(Oc1nc(N)nc(Cl)n1)c1cccc(F)c1F. The molecule has 0 saturated heterocycles. The first kappa shape index (κ1) is 29.3. The van der Waals surface area contributed by atoms with Crippen LogP contribution in [0.3, 0.4) is 0 Å². The molecule has 2 rings (SSSR count). The molecule has 0 fully saturated rings. The Hall–Kier alpha value is -1.71. The van der Waals surface area contributed by atoms with Crippen molar-refractivity contribution in [3.63, 3.8) is 0 Å². The summed E-state index contributed by atoms with van der Waals surface area (Å²) in [7, 11) is -0.896. The molecule has 10 heteroatoms. The molecule has 0 aliphatic carbocycles. The van der Waals surface area contributed by atoms with Crippen LogP contribution in [0.1, 0.15) is 66.1 Å². The lowest BCUT2D eigenvalue weighted by molar-refractivity contribution is 0.201. The van der Waals surface area contributed by atoms with E-state index in [1.54, 1.807) is 0 Å². The predicted octanol–water partition coefficient (Wildman–Crippen LogP) is 6.74. The number of benzene rings is 1. The summed E-state index contributed by atoms with van der Waals surface area (Å²) >= 11 is 5.58. The van der Waals surface area contributed by atoms with E-state index in [9.17, 15) is 8.78 Å². The molecular weight excluding hydrogens is 470 g/mol. The van der Waals surface area contributed by atoms with Gasteiger partial charge in [-0.15, -0.1) is 10.3 Å². The molecule has 0 saturated carbocycles. The molecular formula is C23H37ClF2N4O2S. The third kappa shape index (κ3) is 9.98. The van der Waals surface area contributed by atoms with E-state index in [1.807, 2.05) is 0 Å². The van der Waals surface area contributed by atoms with Gasteiger partial charge in [0.25, 0.3) is 0 Å². The van der Waals surface area contributed by atoms with Crippen molar-refractivity contribution >= 4 is 27.9 Å². The summed E-state index contributed by atoms with van der Waals surface area (Å²) in [5.41, 5.74) is 5.40. The van der Waals surface area contributed by atoms with Crippen molar-refractivity contribution in [1.29, 1.82) is 0 Å². The second kappa shape index (κ2) is 12.7. The molecule has 1 heterocycles. The zero-order chi connectivity index (χ0) is 25.4. The van der Waals surface area contributed by atoms with Gasteiger partial charge in [0.05, 0.1) is 6.61 Å². The van der Waals surface area contributed by atoms with Gasteiger partial charge in [-0.2, -0.15) is 15.0 Å². The van der Waals surface area contributed by atoms with Gasteiger partial charge in [0.2, 0.25) is 11.2 Å². The van der Waals surface area contributed by atoms with Gasteiger partial charge in [-0.05, 0) is 55.9 Å². The summed E-state index contributed by atoms with van der Waals surface area (Å²) in [5.74, 6) is -1.27. The van der Waals surface area contributed by atoms with Crippen LogP contribution in [-0.2, 0) is 4.18 Å². The maximum absolute atomic E-state index is 13.6. The van der Waals surface area contributed by atoms with Gasteiger partial charge in [-0.1, -0.05) is 46.8 Å². The van der Waals surface area contributed by atoms with Crippen LogP contribution in [0.5, 0.6) is 6.01 Å². The van der Waals surface area contributed by atoms with Crippen LogP contribution >= 0.6 is 21.9 Å². The lowest BCUT2D eigenvalue weighted by Gasteiger charge is -2.43. The Kier molecular flexibility index (Phi) is 11.3. The minimum atomic E-state index is -0.983. The molecule has 1 aromatic heterocycles. The highest BCUT2D eigenvalue weighted by Gasteiger charge is 2.28. The van der Waals surface area contributed by atoms with Crippen molar-refractivity contribution in [1.82, 2.24) is 15.0 Å². The van der Waals surface area contributed by atoms with Gasteiger partial charge in [-0.25, -0.2) is 8.78 Å². The van der Waals surface area contributed by atoms with Crippen LogP contribution in [0.2, 0.25) is 5.28 Å². The minimum Gasteiger partial charge on any atom is -0.455 e. The number of rotatable bonds is 8. The number of ether oxygens (including phenoxy) is 1. The van der Waals surface area contributed by atoms with E-state index in [4.69, 9.17) is 26.3 Å². The van der Waals surface area contributed by atoms with Crippen LogP contribution in [-0.4, -0.2) is 38.8 Å². The van der Waals surface area contributed by atoms with Crippen LogP contribution in [0.15, 0.2) is 18.2 Å². The van der Waals surface area contributed by atoms with Gasteiger partial charge in [0.15, 0.2) is 11.6 Å². The van der Waals surface area contributed by atoms with E-state index in [0.29, 0.717) is 4.75 Å². The van der Waals surface area contributed by atoms with Gasteiger partial charge in [0, 0.05) is 10.3 Å². The fourth-order valence-corrected chi connectivity index (χ4v) is 3.44. The average molecular weight is 507 g/mol. The molecule has 1 atom stereocenters. The maximum atomic E-state index is 13.6. The van der Waals surface area contributed by atoms with E-state index >= 15 is 0 Å². The van der Waals surface area contributed by atoms with Crippen molar-refractivity contribution in [2.45, 2.75) is 65.2 Å². The first-order chi connectivity index (χ1) is 15.1. The Bertz CT molecular complexity index is 875. The van der Waals surface area contributed by atoms with E-state index < -0.39 is 28.0 Å². The quantitative estimate of drug-likeness (QED) is 0.399. The third-order valence-electron chi connectivity index (χ3n) is 5.09. The van der Waals surface area contributed by atoms with Crippen LogP contribution in [0, 0.1) is 17.6 Å². The Morgan fingerprint density at radius 2 is 1.73 bits per heavy atom. The summed E-state index contributed by atoms with van der Waals surface area (Å²) in [6, 6.07) is 3.63. The largest absolute Gasteiger partial charge is 0.455 e. The monoisotopic (exact) mass is 506 g/mol. The number of halogens is 3. The van der Waals surface area contributed by atoms with Crippen LogP contribution in [0.25, 0.3) is 0 Å². The number of hydrogen-bond acceptors (Lipinski definition) is 6. The Morgan fingerprint density at radius 3 is 2.27 bits per heavy atom. The Morgan fingerprint density at radius 1 is 1.09 bits per heavy atom. The van der Waals surface area contributed by atoms with E-state index in [2.05, 4.69) is 62.1 Å². The van der Waals surface area contributed by atoms with Crippen molar-refractivity contribution < 1.29 is 17.7 Å². The summed E-state index contributed by atoms with van der Waals surface area (Å²) < 4.78 is 38.2. The minimum absolute atomic E-state index is 0.0371. The fourth-order valence-electron chi connectivity index (χ4n) is 2.39. The van der Waals surface area contributed by atoms with Crippen LogP contribution in [0.4, 0.5) is 14.7 Å². The average Bonchev–Trinajstić information content (AvgIpc) is 2.66. The van der Waals surface area contributed by atoms with Crippen molar-refractivity contribution in [3.05, 3.63) is 40.7 Å². The summed E-state index contributed by atoms with van der Waals surface area (Å²) in [5, 5.41) is -0.144. The predicted molar refractivity (Wildman–Crippen MR) is 134 cm³/mol. The first-order valence-electron chi connectivity index (χ1n) is 10.8. The van der Waals surface area contributed by atoms with E-state index in [-0.39, 0.29) is 22.8 Å². The topological polar surface area (TPSA) is 83.2 Å². The Labute approximate surface area is 203 Å². The Balaban J connectivity index is 0.000000349. The normalized spacial score (nSPS) is 13.3. The molecule has 0 aliphatic heterocycles. The molecule has 33 heavy (non-hydrogen) atoms. The number of nitrogens with zero attached hydrogens (tertiary/aromatic N) is 3. The molecule has 6 nitrogen and oxygen atoms in total. The second-order valence-corrected chi connectivity index (χ2v) is 13.6. The number of nitrogen functional groups attached to an aromatic ring is 1. The summed E-state index contributed by atoms with van der Waals surface area (Å²) in [6.45, 7) is 13.8. The molecule has 2 aromatic rings. The fraction of sp³-hybridized carbons (Fsp3) is 0.609. The van der Waals surface area contributed by atoms with Crippen molar-refractivity contribution in [2.24, 2.45) is 5.92 Å². The highest BCUT2D eigenvalue weighted by molar-refractivity contribution is 8.29. The van der Waals surface area contributed by atoms with Crippen molar-refractivity contribution in [2.75, 3.05) is 24.9 Å². The molecule has 1 unspecified atom stereocenters. The standard InChI is InChI=1S/C12H28OS.C11H9ClF2N4O/c1-11(2)9-8-10-13-14(6,7)12(3,4)5;1-5(6-3-2-4-7(13)8(6)14)19-11-17-9(12)16-10(15)18-11/h11H,8-10H2,1-7H3;2-5H,1H3,(H2,15,16,17,18). The highest BCUT2D eigenvalue weighted by Crippen LogP contribution is 2.53. The van der Waals surface area contributed by atoms with Crippen LogP contribution < -0.4 is 10.5 Å². The zero-order valence-corrected chi connectivity index (χ0v) is 22.4. The molecule has 1 aromatic carbocycles. The molecule has 0 aliphatic rings. The van der Waals surface area contributed by atoms with Gasteiger partial charge in [0.1, 0.15) is 6.10 Å². The number of nitrogens with two attached hydrogens (primary N) is 1. The highest BCUT2D eigenvalue weighted by atomic mass is 35.5. The summed E-state index contributed by atoms with van der Waals surface area (Å²) in [6.07, 6.45) is 6.20. The van der Waals surface area contributed by atoms with E-state index in [1.165, 1.54) is 31.9 Å². The zero-order valence-electron chi connectivity index (χ0n) is 20.8. The lowest BCUT2D eigenvalue weighted by Crippen LogP contribution is -2.25. The lowest BCUT2D eigenvalue weighted by atomic mass is 10.1. The second-order valence-electron chi connectivity index (χ2n) is 9.35. The molecule has 0 radical (unpaired) electrons. The maximum Gasteiger partial charge on any atom is 0.323 e. The first-order valence-corrected chi connectivity index (χ1v) is 13.5. The molecule has 0 amide bonds. The molecule has 0 spiro atoms. The molecule has 188 valence electrons. The summed E-state index contributed by atoms with van der Waals surface area (Å²) in [4.78, 5) is 10.9. The third-order valence-corrected chi connectivity index (χ3v) is 8.96. The van der Waals surface area contributed by atoms with E-state index in [0.717, 1.165) is 18.6 Å². The molecule has 0 bridgehead atoms. The smallest absolute Gasteiger partial charge is 0.323 e. The number of hydrogen-bond donors (Lipinski definition) is 1. The molecule has 2 N–H and O–H groups in total. The van der Waals surface area contributed by atoms with Crippen molar-refractivity contribution in [3.8, 4) is 6.01 Å². The van der Waals surface area contributed by atoms with Gasteiger partial charge < -0.3 is 14.7 Å². The van der Waals surface area contributed by atoms with Gasteiger partial charge in [-0.3, -0.25) is 0 Å². The number of aromatic nitrogens is 3.